The predicted molar refractivity (Wildman–Crippen MR) is 78.7 cm³/mol. The van der Waals surface area contributed by atoms with Crippen molar-refractivity contribution >= 4 is 17.3 Å². The maximum absolute atomic E-state index is 12.5. The predicted octanol–water partition coefficient (Wildman–Crippen LogP) is 2.89. The summed E-state index contributed by atoms with van der Waals surface area (Å²) in [6.07, 6.45) is 0. The highest BCUT2D eigenvalue weighted by atomic mass is 16.6. The summed E-state index contributed by atoms with van der Waals surface area (Å²) in [6.45, 7) is 1.65. The number of anilines is 1. The van der Waals surface area contributed by atoms with Crippen molar-refractivity contribution in [1.29, 1.82) is 0 Å². The van der Waals surface area contributed by atoms with Gasteiger partial charge < -0.3 is 10.0 Å². The Hall–Kier alpha value is -2.89. The molecule has 0 aliphatic carbocycles. The van der Waals surface area contributed by atoms with Crippen molar-refractivity contribution < 1.29 is 14.8 Å². The minimum absolute atomic E-state index is 0.0198. The number of phenols is 1. The van der Waals surface area contributed by atoms with E-state index in [-0.39, 0.29) is 17.0 Å². The molecule has 21 heavy (non-hydrogen) atoms. The van der Waals surface area contributed by atoms with Gasteiger partial charge in [-0.1, -0.05) is 18.2 Å². The molecule has 0 aromatic heterocycles. The second-order valence-corrected chi connectivity index (χ2v) is 4.61. The Kier molecular flexibility index (Phi) is 3.89. The van der Waals surface area contributed by atoms with Crippen molar-refractivity contribution in [2.45, 2.75) is 6.92 Å². The number of rotatable bonds is 3. The lowest BCUT2D eigenvalue weighted by molar-refractivity contribution is -0.385. The molecule has 0 bridgehead atoms. The van der Waals surface area contributed by atoms with Crippen LogP contribution in [0.5, 0.6) is 5.75 Å². The Morgan fingerprint density at radius 3 is 2.52 bits per heavy atom. The molecule has 1 amide bonds. The molecule has 6 heteroatoms. The van der Waals surface area contributed by atoms with Crippen LogP contribution in [0.4, 0.5) is 11.4 Å². The van der Waals surface area contributed by atoms with E-state index in [0.29, 0.717) is 11.3 Å². The Balaban J connectivity index is 2.47. The van der Waals surface area contributed by atoms with Gasteiger partial charge in [0.15, 0.2) is 0 Å². The van der Waals surface area contributed by atoms with Crippen LogP contribution in [0.3, 0.4) is 0 Å². The normalized spacial score (nSPS) is 10.2. The van der Waals surface area contributed by atoms with E-state index < -0.39 is 10.8 Å². The average molecular weight is 286 g/mol. The van der Waals surface area contributed by atoms with Crippen molar-refractivity contribution in [3.05, 3.63) is 63.7 Å². The van der Waals surface area contributed by atoms with Crippen molar-refractivity contribution in [2.75, 3.05) is 11.9 Å². The van der Waals surface area contributed by atoms with Crippen LogP contribution < -0.4 is 4.90 Å². The monoisotopic (exact) mass is 286 g/mol. The highest BCUT2D eigenvalue weighted by Gasteiger charge is 2.25. The lowest BCUT2D eigenvalue weighted by Crippen LogP contribution is -2.27. The van der Waals surface area contributed by atoms with Crippen LogP contribution in [0, 0.1) is 17.0 Å². The van der Waals surface area contributed by atoms with E-state index in [4.69, 9.17) is 0 Å². The molecule has 0 atom stereocenters. The topological polar surface area (TPSA) is 83.7 Å². The van der Waals surface area contributed by atoms with E-state index in [9.17, 15) is 20.0 Å². The maximum atomic E-state index is 12.5. The number of nitro groups is 1. The summed E-state index contributed by atoms with van der Waals surface area (Å²) < 4.78 is 0. The number of nitrogens with zero attached hydrogens (tertiary/aromatic N) is 2. The third kappa shape index (κ3) is 2.84. The zero-order chi connectivity index (χ0) is 15.6. The zero-order valence-corrected chi connectivity index (χ0v) is 11.6. The van der Waals surface area contributed by atoms with Crippen LogP contribution in [0.25, 0.3) is 0 Å². The quantitative estimate of drug-likeness (QED) is 0.694. The molecule has 0 spiro atoms. The second kappa shape index (κ2) is 5.62. The van der Waals surface area contributed by atoms with Gasteiger partial charge in [0, 0.05) is 24.9 Å². The molecule has 2 aromatic carbocycles. The first kappa shape index (κ1) is 14.5. The molecule has 0 saturated carbocycles. The smallest absolute Gasteiger partial charge is 0.282 e. The summed E-state index contributed by atoms with van der Waals surface area (Å²) in [5.74, 6) is -0.475. The van der Waals surface area contributed by atoms with Crippen LogP contribution in [0.15, 0.2) is 42.5 Å². The Morgan fingerprint density at radius 1 is 1.24 bits per heavy atom. The van der Waals surface area contributed by atoms with E-state index in [2.05, 4.69) is 0 Å². The van der Waals surface area contributed by atoms with Crippen molar-refractivity contribution in [3.8, 4) is 5.75 Å². The van der Waals surface area contributed by atoms with E-state index in [1.807, 2.05) is 0 Å². The molecule has 0 heterocycles. The molecule has 0 fully saturated rings. The molecule has 2 aromatic rings. The van der Waals surface area contributed by atoms with Crippen molar-refractivity contribution in [2.24, 2.45) is 0 Å². The lowest BCUT2D eigenvalue weighted by atomic mass is 10.1. The number of carbonyl (C=O) groups excluding carboxylic acids is 1. The minimum Gasteiger partial charge on any atom is -0.508 e. The summed E-state index contributed by atoms with van der Waals surface area (Å²) >= 11 is 0. The fourth-order valence-electron chi connectivity index (χ4n) is 2.07. The number of carbonyl (C=O) groups is 1. The molecule has 6 nitrogen and oxygen atoms in total. The number of benzene rings is 2. The van der Waals surface area contributed by atoms with Crippen LogP contribution in [-0.4, -0.2) is 23.0 Å². The average Bonchev–Trinajstić information content (AvgIpc) is 2.45. The molecule has 108 valence electrons. The van der Waals surface area contributed by atoms with Crippen LogP contribution in [0.2, 0.25) is 0 Å². The molecule has 1 N–H and O–H groups in total. The fraction of sp³-hybridized carbons (Fsp3) is 0.133. The fourth-order valence-corrected chi connectivity index (χ4v) is 2.07. The summed E-state index contributed by atoms with van der Waals surface area (Å²) in [7, 11) is 1.51. The third-order valence-corrected chi connectivity index (χ3v) is 3.18. The van der Waals surface area contributed by atoms with Gasteiger partial charge in [0.2, 0.25) is 0 Å². The maximum Gasteiger partial charge on any atom is 0.282 e. The lowest BCUT2D eigenvalue weighted by Gasteiger charge is -2.18. The Bertz CT molecular complexity index is 713. The largest absolute Gasteiger partial charge is 0.508 e. The van der Waals surface area contributed by atoms with Gasteiger partial charge in [0.05, 0.1) is 4.92 Å². The minimum atomic E-state index is -0.573. The highest BCUT2D eigenvalue weighted by molar-refractivity contribution is 6.09. The summed E-state index contributed by atoms with van der Waals surface area (Å²) in [6, 6.07) is 10.6. The molecular formula is C15H14N2O4. The van der Waals surface area contributed by atoms with Gasteiger partial charge in [0.1, 0.15) is 11.3 Å². The molecule has 0 aliphatic rings. The van der Waals surface area contributed by atoms with Gasteiger partial charge in [-0.3, -0.25) is 14.9 Å². The standard InChI is InChI=1S/C15H14N2O4/c1-10-5-3-8-13(17(20)21)14(10)15(19)16(2)11-6-4-7-12(18)9-11/h3-9,18H,1-2H3. The number of nitro benzene ring substituents is 1. The van der Waals surface area contributed by atoms with E-state index in [0.717, 1.165) is 0 Å². The van der Waals surface area contributed by atoms with E-state index >= 15 is 0 Å². The number of hydrogen-bond acceptors (Lipinski definition) is 4. The second-order valence-electron chi connectivity index (χ2n) is 4.61. The molecule has 2 rings (SSSR count). The molecule has 0 unspecified atom stereocenters. The van der Waals surface area contributed by atoms with E-state index in [1.54, 1.807) is 31.2 Å². The number of aromatic hydroxyl groups is 1. The Morgan fingerprint density at radius 2 is 1.90 bits per heavy atom. The number of hydrogen-bond donors (Lipinski definition) is 1. The van der Waals surface area contributed by atoms with Crippen molar-refractivity contribution in [1.82, 2.24) is 0 Å². The Labute approximate surface area is 121 Å². The summed E-state index contributed by atoms with van der Waals surface area (Å²) in [5.41, 5.74) is 0.805. The first-order valence-electron chi connectivity index (χ1n) is 6.23. The van der Waals surface area contributed by atoms with E-state index in [1.165, 1.54) is 30.1 Å². The zero-order valence-electron chi connectivity index (χ0n) is 11.6. The van der Waals surface area contributed by atoms with Gasteiger partial charge in [-0.05, 0) is 24.6 Å². The third-order valence-electron chi connectivity index (χ3n) is 3.18. The van der Waals surface area contributed by atoms with Crippen LogP contribution in [0.1, 0.15) is 15.9 Å². The summed E-state index contributed by atoms with van der Waals surface area (Å²) in [5, 5.41) is 20.6. The first-order valence-corrected chi connectivity index (χ1v) is 6.23. The van der Waals surface area contributed by atoms with Gasteiger partial charge in [-0.15, -0.1) is 0 Å². The van der Waals surface area contributed by atoms with Crippen LogP contribution >= 0.6 is 0 Å². The molecule has 0 saturated heterocycles. The number of phenolic OH excluding ortho intramolecular Hbond substituents is 1. The van der Waals surface area contributed by atoms with Gasteiger partial charge in [0.25, 0.3) is 11.6 Å². The van der Waals surface area contributed by atoms with Gasteiger partial charge in [-0.25, -0.2) is 0 Å². The summed E-state index contributed by atoms with van der Waals surface area (Å²) in [4.78, 5) is 24.3. The molecule has 0 aliphatic heterocycles. The highest BCUT2D eigenvalue weighted by Crippen LogP contribution is 2.26. The number of amides is 1. The van der Waals surface area contributed by atoms with Crippen molar-refractivity contribution in [3.63, 3.8) is 0 Å². The SMILES string of the molecule is Cc1cccc([N+](=O)[O-])c1C(=O)N(C)c1cccc(O)c1. The van der Waals surface area contributed by atoms with Gasteiger partial charge in [-0.2, -0.15) is 0 Å². The molecule has 0 radical (unpaired) electrons. The van der Waals surface area contributed by atoms with Crippen LogP contribution in [-0.2, 0) is 0 Å². The number of aryl methyl sites for hydroxylation is 1. The molecular weight excluding hydrogens is 272 g/mol. The first-order chi connectivity index (χ1) is 9.91. The van der Waals surface area contributed by atoms with Gasteiger partial charge >= 0.3 is 0 Å².